The number of carbonyl (C=O) groups excluding carboxylic acids is 1. The van der Waals surface area contributed by atoms with Gasteiger partial charge in [0.25, 0.3) is 0 Å². The summed E-state index contributed by atoms with van der Waals surface area (Å²) in [5.74, 6) is 0.314. The van der Waals surface area contributed by atoms with E-state index in [0.29, 0.717) is 16.9 Å². The molecule has 1 saturated heterocycles. The van der Waals surface area contributed by atoms with Gasteiger partial charge in [-0.25, -0.2) is 19.0 Å². The number of halogens is 1. The average Bonchev–Trinajstić information content (AvgIpc) is 2.90. The second-order valence-corrected chi connectivity index (χ2v) is 7.15. The Balaban J connectivity index is 1.54. The Bertz CT molecular complexity index is 994. The van der Waals surface area contributed by atoms with Crippen molar-refractivity contribution in [3.05, 3.63) is 42.1 Å². The lowest BCUT2D eigenvalue weighted by molar-refractivity contribution is -0.116. The molecule has 1 aliphatic rings. The van der Waals surface area contributed by atoms with Gasteiger partial charge in [-0.05, 0) is 43.5 Å². The predicted octanol–water partition coefficient (Wildman–Crippen LogP) is 3.29. The highest BCUT2D eigenvalue weighted by Crippen LogP contribution is 2.25. The van der Waals surface area contributed by atoms with Crippen molar-refractivity contribution in [1.82, 2.24) is 19.7 Å². The van der Waals surface area contributed by atoms with Crippen molar-refractivity contribution in [3.63, 3.8) is 0 Å². The lowest BCUT2D eigenvalue weighted by Crippen LogP contribution is -2.25. The number of anilines is 2. The van der Waals surface area contributed by atoms with Crippen molar-refractivity contribution in [2.24, 2.45) is 0 Å². The molecule has 0 atom stereocenters. The fraction of sp³-hybridized carbons (Fsp3) is 0.400. The minimum absolute atomic E-state index is 0.0246. The average molecular weight is 382 g/mol. The van der Waals surface area contributed by atoms with Gasteiger partial charge < -0.3 is 10.2 Å². The molecule has 2 aromatic heterocycles. The maximum Gasteiger partial charge on any atom is 0.246 e. The van der Waals surface area contributed by atoms with E-state index in [-0.39, 0.29) is 18.3 Å². The second-order valence-electron chi connectivity index (χ2n) is 7.15. The molecule has 1 aliphatic heterocycles. The smallest absolute Gasteiger partial charge is 0.246 e. The molecule has 7 nitrogen and oxygen atoms in total. The van der Waals surface area contributed by atoms with Crippen LogP contribution >= 0.6 is 0 Å². The first-order chi connectivity index (χ1) is 13.6. The number of hydrogen-bond acceptors (Lipinski definition) is 5. The van der Waals surface area contributed by atoms with E-state index in [9.17, 15) is 9.18 Å². The lowest BCUT2D eigenvalue weighted by atomic mass is 10.2. The number of amides is 1. The summed E-state index contributed by atoms with van der Waals surface area (Å²) in [6.07, 6.45) is 8.05. The molecule has 1 N–H and O–H groups in total. The van der Waals surface area contributed by atoms with Gasteiger partial charge in [0, 0.05) is 18.8 Å². The normalized spacial score (nSPS) is 14.9. The van der Waals surface area contributed by atoms with Crippen molar-refractivity contribution in [1.29, 1.82) is 0 Å². The summed E-state index contributed by atoms with van der Waals surface area (Å²) in [5.41, 5.74) is 1.90. The first kappa shape index (κ1) is 18.3. The molecule has 146 valence electrons. The fourth-order valence-electron chi connectivity index (χ4n) is 3.62. The molecule has 3 heterocycles. The Morgan fingerprint density at radius 2 is 1.96 bits per heavy atom. The summed E-state index contributed by atoms with van der Waals surface area (Å²) < 4.78 is 14.8. The van der Waals surface area contributed by atoms with Gasteiger partial charge in [-0.15, -0.1) is 0 Å². The third-order valence-corrected chi connectivity index (χ3v) is 5.07. The van der Waals surface area contributed by atoms with E-state index < -0.39 is 0 Å². The number of fused-ring (bicyclic) bond motifs is 1. The van der Waals surface area contributed by atoms with Crippen LogP contribution in [0.2, 0.25) is 0 Å². The molecule has 0 unspecified atom stereocenters. The van der Waals surface area contributed by atoms with E-state index in [2.05, 4.69) is 25.3 Å². The number of aromatic nitrogens is 4. The van der Waals surface area contributed by atoms with E-state index in [4.69, 9.17) is 0 Å². The van der Waals surface area contributed by atoms with Gasteiger partial charge in [0.15, 0.2) is 5.65 Å². The van der Waals surface area contributed by atoms with Crippen molar-refractivity contribution in [2.45, 2.75) is 39.2 Å². The zero-order chi connectivity index (χ0) is 19.5. The number of benzene rings is 1. The molecule has 8 heteroatoms. The number of rotatable bonds is 4. The summed E-state index contributed by atoms with van der Waals surface area (Å²) >= 11 is 0. The first-order valence-electron chi connectivity index (χ1n) is 9.59. The second kappa shape index (κ2) is 7.92. The van der Waals surface area contributed by atoms with Gasteiger partial charge in [0.2, 0.25) is 5.91 Å². The van der Waals surface area contributed by atoms with Crippen LogP contribution in [0.25, 0.3) is 11.0 Å². The van der Waals surface area contributed by atoms with Crippen LogP contribution in [0.5, 0.6) is 0 Å². The Morgan fingerprint density at radius 1 is 1.18 bits per heavy atom. The molecule has 1 aromatic carbocycles. The maximum absolute atomic E-state index is 13.2. The molecule has 4 rings (SSSR count). The molecule has 0 spiro atoms. The third kappa shape index (κ3) is 3.81. The summed E-state index contributed by atoms with van der Waals surface area (Å²) in [7, 11) is 0. The highest BCUT2D eigenvalue weighted by molar-refractivity contribution is 5.93. The van der Waals surface area contributed by atoms with E-state index >= 15 is 0 Å². The number of nitrogens with zero attached hydrogens (tertiary/aromatic N) is 5. The van der Waals surface area contributed by atoms with Gasteiger partial charge >= 0.3 is 0 Å². The molecule has 1 amide bonds. The Labute approximate surface area is 162 Å². The summed E-state index contributed by atoms with van der Waals surface area (Å²) in [4.78, 5) is 23.6. The largest absolute Gasteiger partial charge is 0.356 e. The molecular weight excluding hydrogens is 359 g/mol. The van der Waals surface area contributed by atoms with Gasteiger partial charge in [-0.2, -0.15) is 5.10 Å². The number of carbonyl (C=O) groups is 1. The van der Waals surface area contributed by atoms with Gasteiger partial charge in [0.05, 0.1) is 11.6 Å². The number of aryl methyl sites for hydroxylation is 1. The Kier molecular flexibility index (Phi) is 5.18. The molecule has 1 fully saturated rings. The van der Waals surface area contributed by atoms with Crippen molar-refractivity contribution in [3.8, 4) is 0 Å². The minimum atomic E-state index is -0.327. The Morgan fingerprint density at radius 3 is 2.71 bits per heavy atom. The van der Waals surface area contributed by atoms with Crippen molar-refractivity contribution in [2.75, 3.05) is 23.3 Å². The van der Waals surface area contributed by atoms with Gasteiger partial charge in [-0.1, -0.05) is 12.8 Å². The first-order valence-corrected chi connectivity index (χ1v) is 9.59. The molecule has 28 heavy (non-hydrogen) atoms. The standard InChI is InChI=1S/C20H23FN6O/c1-14-10-15(21)6-7-17(14)25-18(28)12-27-20-16(11-24-27)19(22-13-23-20)26-8-4-2-3-5-9-26/h6-7,10-11,13H,2-5,8-9,12H2,1H3,(H,25,28). The maximum atomic E-state index is 13.2. The zero-order valence-electron chi connectivity index (χ0n) is 15.9. The zero-order valence-corrected chi connectivity index (χ0v) is 15.9. The van der Waals surface area contributed by atoms with Gasteiger partial charge in [0.1, 0.15) is 24.5 Å². The molecule has 0 radical (unpaired) electrons. The fourth-order valence-corrected chi connectivity index (χ4v) is 3.62. The SMILES string of the molecule is Cc1cc(F)ccc1NC(=O)Cn1ncc2c(N3CCCCCC3)ncnc21. The van der Waals surface area contributed by atoms with Gasteiger partial charge in [-0.3, -0.25) is 4.79 Å². The van der Waals surface area contributed by atoms with Crippen molar-refractivity contribution >= 4 is 28.4 Å². The van der Waals surface area contributed by atoms with Crippen LogP contribution in [0.3, 0.4) is 0 Å². The lowest BCUT2D eigenvalue weighted by Gasteiger charge is -2.21. The van der Waals surface area contributed by atoms with E-state index in [1.165, 1.54) is 31.3 Å². The van der Waals surface area contributed by atoms with Crippen LogP contribution in [0, 0.1) is 12.7 Å². The monoisotopic (exact) mass is 382 g/mol. The summed E-state index contributed by atoms with van der Waals surface area (Å²) in [5, 5.41) is 8.02. The molecule has 0 bridgehead atoms. The van der Waals surface area contributed by atoms with Crippen LogP contribution in [0.4, 0.5) is 15.9 Å². The van der Waals surface area contributed by atoms with E-state index in [0.717, 1.165) is 37.1 Å². The van der Waals surface area contributed by atoms with E-state index in [1.54, 1.807) is 23.9 Å². The number of nitrogens with one attached hydrogen (secondary N) is 1. The quantitative estimate of drug-likeness (QED) is 0.749. The van der Waals surface area contributed by atoms with Crippen LogP contribution in [-0.4, -0.2) is 38.7 Å². The van der Waals surface area contributed by atoms with Crippen LogP contribution in [0.15, 0.2) is 30.7 Å². The predicted molar refractivity (Wildman–Crippen MR) is 106 cm³/mol. The highest BCUT2D eigenvalue weighted by atomic mass is 19.1. The van der Waals surface area contributed by atoms with Crippen molar-refractivity contribution < 1.29 is 9.18 Å². The minimum Gasteiger partial charge on any atom is -0.356 e. The molecule has 0 aliphatic carbocycles. The topological polar surface area (TPSA) is 75.9 Å². The summed E-state index contributed by atoms with van der Waals surface area (Å²) in [6, 6.07) is 4.27. The molecule has 3 aromatic rings. The number of hydrogen-bond donors (Lipinski definition) is 1. The summed E-state index contributed by atoms with van der Waals surface area (Å²) in [6.45, 7) is 3.72. The van der Waals surface area contributed by atoms with Crippen LogP contribution in [0.1, 0.15) is 31.2 Å². The van der Waals surface area contributed by atoms with Crippen LogP contribution in [-0.2, 0) is 11.3 Å². The highest BCUT2D eigenvalue weighted by Gasteiger charge is 2.18. The molecule has 0 saturated carbocycles. The van der Waals surface area contributed by atoms with Crippen LogP contribution < -0.4 is 10.2 Å². The molecular formula is C20H23FN6O. The Hall–Kier alpha value is -3.03. The third-order valence-electron chi connectivity index (χ3n) is 5.07. The van der Waals surface area contributed by atoms with E-state index in [1.807, 2.05) is 0 Å².